The van der Waals surface area contributed by atoms with Crippen LogP contribution in [0.25, 0.3) is 0 Å². The monoisotopic (exact) mass is 353 g/mol. The van der Waals surface area contributed by atoms with Crippen molar-refractivity contribution < 1.29 is 24.1 Å². The largest absolute Gasteiger partial charge is 0.504 e. The molecular weight excluding hydrogens is 334 g/mol. The van der Waals surface area contributed by atoms with E-state index < -0.39 is 5.54 Å². The summed E-state index contributed by atoms with van der Waals surface area (Å²) >= 11 is 0. The fourth-order valence-corrected chi connectivity index (χ4v) is 4.55. The summed E-state index contributed by atoms with van der Waals surface area (Å²) in [5.41, 5.74) is 2.61. The second-order valence-electron chi connectivity index (χ2n) is 7.05. The average molecular weight is 353 g/mol. The van der Waals surface area contributed by atoms with Crippen LogP contribution in [0.3, 0.4) is 0 Å². The van der Waals surface area contributed by atoms with Gasteiger partial charge in [0, 0.05) is 13.0 Å². The topological polar surface area (TPSA) is 68.2 Å². The molecule has 1 spiro atoms. The normalized spacial score (nSPS) is 23.2. The number of ether oxygens (including phenoxy) is 3. The van der Waals surface area contributed by atoms with Crippen molar-refractivity contribution in [2.45, 2.75) is 18.4 Å². The summed E-state index contributed by atoms with van der Waals surface area (Å²) in [6.45, 7) is 0.886. The lowest BCUT2D eigenvalue weighted by Crippen LogP contribution is -2.52. The zero-order valence-corrected chi connectivity index (χ0v) is 14.7. The first-order valence-electron chi connectivity index (χ1n) is 8.64. The van der Waals surface area contributed by atoms with E-state index in [-0.39, 0.29) is 18.3 Å². The molecule has 0 amide bonds. The molecule has 3 aliphatic rings. The van der Waals surface area contributed by atoms with Gasteiger partial charge in [-0.25, -0.2) is 0 Å². The SMILES string of the molecule is COc1cc2c(cc1O)[C@]1(Cc3ccc4c(c3C1=O)OCO4)N(C)CC2. The number of Topliss-reactive ketones (excluding diaryl/α,β-unsaturated/α-hetero) is 1. The number of phenolic OH excluding ortho intramolecular Hbond substituents is 1. The second kappa shape index (κ2) is 5.14. The van der Waals surface area contributed by atoms with Crippen LogP contribution in [-0.2, 0) is 18.4 Å². The van der Waals surface area contributed by atoms with Gasteiger partial charge in [0.1, 0.15) is 5.54 Å². The molecule has 6 heteroatoms. The van der Waals surface area contributed by atoms with Crippen LogP contribution < -0.4 is 14.2 Å². The van der Waals surface area contributed by atoms with Gasteiger partial charge < -0.3 is 19.3 Å². The van der Waals surface area contributed by atoms with Gasteiger partial charge in [0.25, 0.3) is 0 Å². The first-order valence-corrected chi connectivity index (χ1v) is 8.64. The predicted octanol–water partition coefficient (Wildman–Crippen LogP) is 2.25. The first kappa shape index (κ1) is 15.5. The third-order valence-corrected chi connectivity index (χ3v) is 5.89. The molecule has 2 aromatic rings. The highest BCUT2D eigenvalue weighted by Gasteiger charge is 2.54. The number of rotatable bonds is 1. The molecule has 0 unspecified atom stereocenters. The Kier molecular flexibility index (Phi) is 3.07. The van der Waals surface area contributed by atoms with E-state index in [1.165, 1.54) is 7.11 Å². The van der Waals surface area contributed by atoms with Crippen LogP contribution in [0.1, 0.15) is 27.0 Å². The minimum absolute atomic E-state index is 0.00265. The summed E-state index contributed by atoms with van der Waals surface area (Å²) in [4.78, 5) is 15.8. The van der Waals surface area contributed by atoms with Crippen LogP contribution in [-0.4, -0.2) is 43.3 Å². The third kappa shape index (κ3) is 1.77. The summed E-state index contributed by atoms with van der Waals surface area (Å²) in [7, 11) is 3.50. The average Bonchev–Trinajstić information content (AvgIpc) is 3.22. The minimum Gasteiger partial charge on any atom is -0.504 e. The van der Waals surface area contributed by atoms with E-state index in [0.29, 0.717) is 29.2 Å². The molecule has 0 saturated heterocycles. The van der Waals surface area contributed by atoms with Gasteiger partial charge in [-0.1, -0.05) is 6.07 Å². The Morgan fingerprint density at radius 3 is 2.88 bits per heavy atom. The van der Waals surface area contributed by atoms with Crippen molar-refractivity contribution in [3.05, 3.63) is 46.5 Å². The van der Waals surface area contributed by atoms with Gasteiger partial charge in [0.2, 0.25) is 6.79 Å². The zero-order valence-electron chi connectivity index (χ0n) is 14.7. The number of fused-ring (bicyclic) bond motifs is 5. The number of hydrogen-bond donors (Lipinski definition) is 1. The van der Waals surface area contributed by atoms with Gasteiger partial charge in [0.15, 0.2) is 28.8 Å². The molecule has 1 atom stereocenters. The maximum atomic E-state index is 13.7. The molecule has 0 aromatic heterocycles. The Balaban J connectivity index is 1.73. The van der Waals surface area contributed by atoms with E-state index in [1.807, 2.05) is 25.2 Å². The van der Waals surface area contributed by atoms with E-state index in [1.54, 1.807) is 6.07 Å². The van der Waals surface area contributed by atoms with E-state index in [9.17, 15) is 9.90 Å². The van der Waals surface area contributed by atoms with Crippen molar-refractivity contribution in [3.63, 3.8) is 0 Å². The lowest BCUT2D eigenvalue weighted by atomic mass is 9.77. The lowest BCUT2D eigenvalue weighted by molar-refractivity contribution is 0.0613. The van der Waals surface area contributed by atoms with Crippen LogP contribution in [0.5, 0.6) is 23.0 Å². The highest BCUT2D eigenvalue weighted by Crippen LogP contribution is 2.52. The van der Waals surface area contributed by atoms with Crippen LogP contribution >= 0.6 is 0 Å². The van der Waals surface area contributed by atoms with Crippen molar-refractivity contribution in [1.82, 2.24) is 4.90 Å². The first-order chi connectivity index (χ1) is 12.6. The van der Waals surface area contributed by atoms with Crippen LogP contribution in [0.2, 0.25) is 0 Å². The Labute approximate surface area is 150 Å². The van der Waals surface area contributed by atoms with Crippen LogP contribution in [0.15, 0.2) is 24.3 Å². The molecular formula is C20H19NO5. The molecule has 5 rings (SSSR count). The molecule has 1 N–H and O–H groups in total. The van der Waals surface area contributed by atoms with Gasteiger partial charge in [-0.2, -0.15) is 0 Å². The fourth-order valence-electron chi connectivity index (χ4n) is 4.55. The molecule has 0 bridgehead atoms. The summed E-state index contributed by atoms with van der Waals surface area (Å²) in [6.07, 6.45) is 1.35. The lowest BCUT2D eigenvalue weighted by Gasteiger charge is -2.43. The molecule has 1 aliphatic carbocycles. The number of benzene rings is 2. The van der Waals surface area contributed by atoms with Crippen molar-refractivity contribution in [2.24, 2.45) is 0 Å². The van der Waals surface area contributed by atoms with E-state index >= 15 is 0 Å². The Morgan fingerprint density at radius 1 is 1.23 bits per heavy atom. The number of methoxy groups -OCH3 is 1. The summed E-state index contributed by atoms with van der Waals surface area (Å²) in [5, 5.41) is 10.4. The number of ketones is 1. The maximum Gasteiger partial charge on any atom is 0.231 e. The third-order valence-electron chi connectivity index (χ3n) is 5.89. The molecule has 6 nitrogen and oxygen atoms in total. The van der Waals surface area contributed by atoms with E-state index in [4.69, 9.17) is 14.2 Å². The van der Waals surface area contributed by atoms with Crippen LogP contribution in [0, 0.1) is 0 Å². The number of aromatic hydroxyl groups is 1. The minimum atomic E-state index is -0.833. The molecule has 134 valence electrons. The second-order valence-corrected chi connectivity index (χ2v) is 7.05. The maximum absolute atomic E-state index is 13.7. The summed E-state index contributed by atoms with van der Waals surface area (Å²) in [6, 6.07) is 7.34. The van der Waals surface area contributed by atoms with Gasteiger partial charge in [-0.3, -0.25) is 9.69 Å². The quantitative estimate of drug-likeness (QED) is 0.848. The fraction of sp³-hybridized carbons (Fsp3) is 0.350. The Morgan fingerprint density at radius 2 is 2.08 bits per heavy atom. The van der Waals surface area contributed by atoms with Gasteiger partial charge in [0.05, 0.1) is 12.7 Å². The molecule has 2 aliphatic heterocycles. The molecule has 0 radical (unpaired) electrons. The molecule has 26 heavy (non-hydrogen) atoms. The molecule has 2 aromatic carbocycles. The zero-order chi connectivity index (χ0) is 18.1. The number of likely N-dealkylation sites (N-methyl/N-ethyl adjacent to an activating group) is 1. The number of carbonyl (C=O) groups is 1. The summed E-state index contributed by atoms with van der Waals surface area (Å²) in [5.74, 6) is 1.65. The van der Waals surface area contributed by atoms with Crippen molar-refractivity contribution in [3.8, 4) is 23.0 Å². The number of nitrogens with zero attached hydrogens (tertiary/aromatic N) is 1. The van der Waals surface area contributed by atoms with E-state index in [0.717, 1.165) is 29.7 Å². The predicted molar refractivity (Wildman–Crippen MR) is 93.3 cm³/mol. The molecule has 2 heterocycles. The van der Waals surface area contributed by atoms with Crippen molar-refractivity contribution in [1.29, 1.82) is 0 Å². The Hall–Kier alpha value is -2.73. The number of phenols is 1. The number of hydrogen-bond acceptors (Lipinski definition) is 6. The summed E-state index contributed by atoms with van der Waals surface area (Å²) < 4.78 is 16.3. The van der Waals surface area contributed by atoms with Gasteiger partial charge >= 0.3 is 0 Å². The van der Waals surface area contributed by atoms with Crippen LogP contribution in [0.4, 0.5) is 0 Å². The Bertz CT molecular complexity index is 954. The van der Waals surface area contributed by atoms with Crippen molar-refractivity contribution >= 4 is 5.78 Å². The molecule has 0 saturated carbocycles. The standard InChI is InChI=1S/C20H19NO5/c1-21-6-5-11-7-16(24-2)14(22)8-13(11)20(21)9-12-3-4-15-18(26-10-25-15)17(12)19(20)23/h3-4,7-8,22H,5-6,9-10H2,1-2H3/t20-/m0/s1. The van der Waals surface area contributed by atoms with Gasteiger partial charge in [-0.15, -0.1) is 0 Å². The molecule has 0 fully saturated rings. The number of carbonyl (C=O) groups excluding carboxylic acids is 1. The van der Waals surface area contributed by atoms with Crippen molar-refractivity contribution in [2.75, 3.05) is 27.5 Å². The highest BCUT2D eigenvalue weighted by molar-refractivity contribution is 6.11. The smallest absolute Gasteiger partial charge is 0.231 e. The van der Waals surface area contributed by atoms with Gasteiger partial charge in [-0.05, 0) is 48.4 Å². The highest BCUT2D eigenvalue weighted by atomic mass is 16.7. The van der Waals surface area contributed by atoms with E-state index in [2.05, 4.69) is 4.90 Å².